The summed E-state index contributed by atoms with van der Waals surface area (Å²) in [5, 5.41) is 0. The Morgan fingerprint density at radius 2 is 2.07 bits per heavy atom. The zero-order chi connectivity index (χ0) is 9.76. The van der Waals surface area contributed by atoms with Gasteiger partial charge in [0, 0.05) is 0 Å². The molecule has 1 saturated carbocycles. The van der Waals surface area contributed by atoms with Gasteiger partial charge in [-0.2, -0.15) is 0 Å². The predicted octanol–water partition coefficient (Wildman–Crippen LogP) is 3.86. The summed E-state index contributed by atoms with van der Waals surface area (Å²) in [7, 11) is 0. The molecule has 0 heteroatoms. The second-order valence-corrected chi connectivity index (χ2v) is 5.34. The van der Waals surface area contributed by atoms with E-state index in [0.717, 1.165) is 11.8 Å². The zero-order valence-electron chi connectivity index (χ0n) is 9.09. The smallest absolute Gasteiger partial charge is 0.00152 e. The van der Waals surface area contributed by atoms with Gasteiger partial charge in [-0.05, 0) is 47.6 Å². The van der Waals surface area contributed by atoms with Crippen LogP contribution in [0.5, 0.6) is 0 Å². The second-order valence-electron chi connectivity index (χ2n) is 5.34. The van der Waals surface area contributed by atoms with E-state index < -0.39 is 0 Å². The quantitative estimate of drug-likeness (QED) is 0.624. The lowest BCUT2D eigenvalue weighted by molar-refractivity contribution is 0.323. The maximum atomic E-state index is 2.39. The Kier molecular flexibility index (Phi) is 1.60. The van der Waals surface area contributed by atoms with Gasteiger partial charge in [0.25, 0.3) is 0 Å². The van der Waals surface area contributed by atoms with Crippen LogP contribution in [0.25, 0.3) is 0 Å². The van der Waals surface area contributed by atoms with Gasteiger partial charge in [0.2, 0.25) is 0 Å². The fourth-order valence-corrected chi connectivity index (χ4v) is 3.73. The molecule has 0 aromatic heterocycles. The number of fused-ring (bicyclic) bond motifs is 5. The minimum atomic E-state index is 0.543. The Bertz CT molecular complexity index is 364. The summed E-state index contributed by atoms with van der Waals surface area (Å²) >= 11 is 0. The lowest BCUT2D eigenvalue weighted by atomic mass is 9.71. The molecular weight excluding hydrogens is 168 g/mol. The van der Waals surface area contributed by atoms with Crippen LogP contribution in [0.15, 0.2) is 24.3 Å². The average molecular weight is 186 g/mol. The minimum Gasteiger partial charge on any atom is -0.0620 e. The van der Waals surface area contributed by atoms with E-state index in [0.29, 0.717) is 5.41 Å². The van der Waals surface area contributed by atoms with Crippen LogP contribution in [0.1, 0.15) is 50.2 Å². The summed E-state index contributed by atoms with van der Waals surface area (Å²) < 4.78 is 0. The van der Waals surface area contributed by atoms with Crippen LogP contribution in [0.3, 0.4) is 0 Å². The van der Waals surface area contributed by atoms with Crippen molar-refractivity contribution < 1.29 is 0 Å². The molecule has 74 valence electrons. The van der Waals surface area contributed by atoms with Crippen molar-refractivity contribution >= 4 is 0 Å². The first kappa shape index (κ1) is 8.52. The molecule has 3 rings (SSSR count). The molecule has 0 heterocycles. The van der Waals surface area contributed by atoms with Crippen molar-refractivity contribution in [2.24, 2.45) is 5.92 Å². The fourth-order valence-electron chi connectivity index (χ4n) is 3.73. The lowest BCUT2D eigenvalue weighted by Gasteiger charge is -2.33. The molecule has 0 amide bonds. The minimum absolute atomic E-state index is 0.543. The Labute approximate surface area is 86.3 Å². The van der Waals surface area contributed by atoms with Gasteiger partial charge in [-0.3, -0.25) is 0 Å². The first-order valence-electron chi connectivity index (χ1n) is 5.83. The van der Waals surface area contributed by atoms with Crippen LogP contribution in [0.2, 0.25) is 0 Å². The number of benzene rings is 1. The van der Waals surface area contributed by atoms with Crippen LogP contribution >= 0.6 is 0 Å². The van der Waals surface area contributed by atoms with Gasteiger partial charge in [0.1, 0.15) is 0 Å². The topological polar surface area (TPSA) is 0 Å². The highest BCUT2D eigenvalue weighted by molar-refractivity contribution is 5.45. The molecule has 0 saturated heterocycles. The van der Waals surface area contributed by atoms with E-state index >= 15 is 0 Å². The average Bonchev–Trinajstić information content (AvgIpc) is 2.75. The molecule has 2 aliphatic rings. The van der Waals surface area contributed by atoms with E-state index in [9.17, 15) is 0 Å². The molecule has 2 unspecified atom stereocenters. The molecule has 1 fully saturated rings. The third-order valence-electron chi connectivity index (χ3n) is 4.59. The number of hydrogen-bond donors (Lipinski definition) is 0. The van der Waals surface area contributed by atoms with Crippen LogP contribution < -0.4 is 0 Å². The summed E-state index contributed by atoms with van der Waals surface area (Å²) in [4.78, 5) is 0. The molecule has 2 bridgehead atoms. The van der Waals surface area contributed by atoms with Crippen molar-refractivity contribution in [3.63, 3.8) is 0 Å². The predicted molar refractivity (Wildman–Crippen MR) is 59.6 cm³/mol. The standard InChI is InChI=1S/C14H18/c1-10(2)14-8-7-11(9-14)12-5-3-4-6-13(12)14/h3-6,10-11H,7-9H2,1-2H3. The lowest BCUT2D eigenvalue weighted by Crippen LogP contribution is -2.27. The monoisotopic (exact) mass is 186 g/mol. The summed E-state index contributed by atoms with van der Waals surface area (Å²) in [6.07, 6.45) is 4.27. The summed E-state index contributed by atoms with van der Waals surface area (Å²) in [6, 6.07) is 9.13. The van der Waals surface area contributed by atoms with Crippen molar-refractivity contribution in [3.8, 4) is 0 Å². The van der Waals surface area contributed by atoms with Gasteiger partial charge in [0.15, 0.2) is 0 Å². The third-order valence-corrected chi connectivity index (χ3v) is 4.59. The SMILES string of the molecule is CC(C)C12CCC(C1)c1ccccc12. The molecular formula is C14H18. The molecule has 0 spiro atoms. The molecule has 2 aliphatic carbocycles. The summed E-state index contributed by atoms with van der Waals surface area (Å²) in [5.41, 5.74) is 3.88. The van der Waals surface area contributed by atoms with E-state index in [1.807, 2.05) is 0 Å². The summed E-state index contributed by atoms with van der Waals surface area (Å²) in [6.45, 7) is 4.79. The Balaban J connectivity index is 2.20. The van der Waals surface area contributed by atoms with E-state index in [-0.39, 0.29) is 0 Å². The van der Waals surface area contributed by atoms with Crippen LogP contribution in [0.4, 0.5) is 0 Å². The zero-order valence-corrected chi connectivity index (χ0v) is 9.09. The van der Waals surface area contributed by atoms with Crippen molar-refractivity contribution in [1.29, 1.82) is 0 Å². The Morgan fingerprint density at radius 3 is 2.86 bits per heavy atom. The highest BCUT2D eigenvalue weighted by Gasteiger charge is 2.50. The van der Waals surface area contributed by atoms with Gasteiger partial charge in [0.05, 0.1) is 0 Å². The van der Waals surface area contributed by atoms with Crippen molar-refractivity contribution in [2.45, 2.75) is 44.4 Å². The van der Waals surface area contributed by atoms with E-state index in [1.54, 1.807) is 11.1 Å². The first-order chi connectivity index (χ1) is 6.74. The maximum Gasteiger partial charge on any atom is -0.00152 e. The molecule has 0 nitrogen and oxygen atoms in total. The second kappa shape index (κ2) is 2.62. The molecule has 2 atom stereocenters. The van der Waals surface area contributed by atoms with Crippen molar-refractivity contribution in [1.82, 2.24) is 0 Å². The molecule has 1 aromatic carbocycles. The van der Waals surface area contributed by atoms with Gasteiger partial charge >= 0.3 is 0 Å². The first-order valence-corrected chi connectivity index (χ1v) is 5.83. The van der Waals surface area contributed by atoms with Crippen LogP contribution in [-0.2, 0) is 5.41 Å². The Morgan fingerprint density at radius 1 is 1.29 bits per heavy atom. The van der Waals surface area contributed by atoms with E-state index in [4.69, 9.17) is 0 Å². The molecule has 0 N–H and O–H groups in total. The number of rotatable bonds is 1. The van der Waals surface area contributed by atoms with Gasteiger partial charge in [-0.1, -0.05) is 38.1 Å². The van der Waals surface area contributed by atoms with Crippen LogP contribution in [-0.4, -0.2) is 0 Å². The van der Waals surface area contributed by atoms with Gasteiger partial charge < -0.3 is 0 Å². The Hall–Kier alpha value is -0.780. The van der Waals surface area contributed by atoms with Crippen LogP contribution in [0, 0.1) is 5.92 Å². The largest absolute Gasteiger partial charge is 0.0620 e. The molecule has 1 aromatic rings. The van der Waals surface area contributed by atoms with Crippen molar-refractivity contribution in [3.05, 3.63) is 35.4 Å². The van der Waals surface area contributed by atoms with Crippen molar-refractivity contribution in [2.75, 3.05) is 0 Å². The number of hydrogen-bond acceptors (Lipinski definition) is 0. The summed E-state index contributed by atoms with van der Waals surface area (Å²) in [5.74, 6) is 1.68. The highest BCUT2D eigenvalue weighted by atomic mass is 14.5. The fraction of sp³-hybridized carbons (Fsp3) is 0.571. The van der Waals surface area contributed by atoms with E-state index in [2.05, 4.69) is 38.1 Å². The third kappa shape index (κ3) is 0.846. The molecule has 0 aliphatic heterocycles. The normalized spacial score (nSPS) is 33.8. The highest BCUT2D eigenvalue weighted by Crippen LogP contribution is 2.60. The van der Waals surface area contributed by atoms with E-state index in [1.165, 1.54) is 19.3 Å². The van der Waals surface area contributed by atoms with Gasteiger partial charge in [-0.25, -0.2) is 0 Å². The molecule has 14 heavy (non-hydrogen) atoms. The van der Waals surface area contributed by atoms with Gasteiger partial charge in [-0.15, -0.1) is 0 Å². The maximum absolute atomic E-state index is 2.39. The molecule has 0 radical (unpaired) electrons.